The van der Waals surface area contributed by atoms with Crippen LogP contribution in [0, 0.1) is 0 Å². The molecular formula is C44H95N3O4P+. The Morgan fingerprint density at radius 3 is 1.02 bits per heavy atom. The normalized spacial score (nSPS) is 13.4. The first-order chi connectivity index (χ1) is 25.2. The molecule has 0 aromatic heterocycles. The van der Waals surface area contributed by atoms with Gasteiger partial charge in [0, 0.05) is 13.1 Å². The molecule has 0 saturated carbocycles. The number of quaternary nitrogens is 1. The van der Waals surface area contributed by atoms with Crippen LogP contribution in [0.3, 0.4) is 0 Å². The summed E-state index contributed by atoms with van der Waals surface area (Å²) in [6, 6.07) is 0. The Bertz CT molecular complexity index is 711. The zero-order valence-electron chi connectivity index (χ0n) is 36.0. The standard InChI is InChI=1S/C44H94N3O4P/c1-6-8-10-12-14-16-18-20-22-24-26-28-30-32-34-36-38-45-42-44(51-52(48,49)50-41-40-47(3,4)5)43-46-39-37-35-33-31-29-27-25-23-21-19-17-15-13-11-9-7-2/h44-46H,6-43H2,1-5H3/p+1. The van der Waals surface area contributed by atoms with Crippen molar-refractivity contribution in [1.82, 2.24) is 10.6 Å². The number of nitrogens with zero attached hydrogens (tertiary/aromatic N) is 1. The summed E-state index contributed by atoms with van der Waals surface area (Å²) in [5, 5.41) is 6.98. The molecule has 1 atom stereocenters. The highest BCUT2D eigenvalue weighted by Crippen LogP contribution is 2.44. The zero-order chi connectivity index (χ0) is 38.3. The molecule has 0 aliphatic rings. The molecule has 8 heteroatoms. The molecule has 0 aliphatic carbocycles. The van der Waals surface area contributed by atoms with Crippen molar-refractivity contribution < 1.29 is 23.0 Å². The lowest BCUT2D eigenvalue weighted by molar-refractivity contribution is -0.870. The highest BCUT2D eigenvalue weighted by atomic mass is 31.2. The summed E-state index contributed by atoms with van der Waals surface area (Å²) < 4.78 is 24.4. The number of unbranched alkanes of at least 4 members (excludes halogenated alkanes) is 30. The minimum atomic E-state index is -4.11. The van der Waals surface area contributed by atoms with Crippen LogP contribution in [0.25, 0.3) is 0 Å². The first-order valence-electron chi connectivity index (χ1n) is 23.1. The minimum Gasteiger partial charge on any atom is -0.329 e. The van der Waals surface area contributed by atoms with E-state index in [4.69, 9.17) is 9.05 Å². The molecule has 0 fully saturated rings. The molecule has 0 spiro atoms. The van der Waals surface area contributed by atoms with Gasteiger partial charge in [0.25, 0.3) is 0 Å². The molecule has 1 unspecified atom stereocenters. The van der Waals surface area contributed by atoms with Crippen LogP contribution in [0.15, 0.2) is 0 Å². The van der Waals surface area contributed by atoms with E-state index in [0.29, 0.717) is 24.1 Å². The highest BCUT2D eigenvalue weighted by Gasteiger charge is 2.27. The molecule has 0 amide bonds. The fourth-order valence-electron chi connectivity index (χ4n) is 6.92. The molecule has 3 N–H and O–H groups in total. The molecule has 0 aromatic carbocycles. The van der Waals surface area contributed by atoms with Gasteiger partial charge in [0.1, 0.15) is 13.2 Å². The van der Waals surface area contributed by atoms with Gasteiger partial charge in [-0.05, 0) is 25.9 Å². The molecule has 0 bridgehead atoms. The van der Waals surface area contributed by atoms with E-state index in [0.717, 1.165) is 25.9 Å². The van der Waals surface area contributed by atoms with Crippen molar-refractivity contribution in [3.05, 3.63) is 0 Å². The third-order valence-electron chi connectivity index (χ3n) is 10.5. The predicted molar refractivity (Wildman–Crippen MR) is 228 cm³/mol. The van der Waals surface area contributed by atoms with E-state index in [1.807, 2.05) is 21.1 Å². The van der Waals surface area contributed by atoms with Gasteiger partial charge < -0.3 is 20.0 Å². The van der Waals surface area contributed by atoms with Gasteiger partial charge in [0.15, 0.2) is 0 Å². The first-order valence-corrected chi connectivity index (χ1v) is 24.6. The molecule has 7 nitrogen and oxygen atoms in total. The Labute approximate surface area is 326 Å². The SMILES string of the molecule is CCCCCCCCCCCCCCCCCCNCC(CNCCCCCCCCCCCCCCCCCC)OP(=O)(O)OCC[N+](C)(C)C. The van der Waals surface area contributed by atoms with Crippen molar-refractivity contribution >= 4 is 7.82 Å². The van der Waals surface area contributed by atoms with E-state index in [1.54, 1.807) is 0 Å². The van der Waals surface area contributed by atoms with Crippen molar-refractivity contribution in [2.75, 3.05) is 60.5 Å². The fraction of sp³-hybridized carbons (Fsp3) is 1.00. The molecule has 0 rings (SSSR count). The Morgan fingerprint density at radius 2 is 0.750 bits per heavy atom. The van der Waals surface area contributed by atoms with Gasteiger partial charge in [-0.2, -0.15) is 0 Å². The van der Waals surface area contributed by atoms with E-state index >= 15 is 0 Å². The Kier molecular flexibility index (Phi) is 39.2. The number of rotatable bonds is 44. The van der Waals surface area contributed by atoms with Crippen LogP contribution in [0.2, 0.25) is 0 Å². The summed E-state index contributed by atoms with van der Waals surface area (Å²) in [7, 11) is 2.01. The largest absolute Gasteiger partial charge is 0.472 e. The summed E-state index contributed by atoms with van der Waals surface area (Å²) in [5.41, 5.74) is 0. The van der Waals surface area contributed by atoms with Crippen LogP contribution in [0.1, 0.15) is 219 Å². The quantitative estimate of drug-likeness (QED) is 0.0326. The van der Waals surface area contributed by atoms with Crippen LogP contribution < -0.4 is 10.6 Å². The Balaban J connectivity index is 4.00. The van der Waals surface area contributed by atoms with Gasteiger partial charge in [-0.15, -0.1) is 0 Å². The van der Waals surface area contributed by atoms with Crippen LogP contribution in [-0.2, 0) is 13.6 Å². The lowest BCUT2D eigenvalue weighted by atomic mass is 10.0. The molecule has 0 radical (unpaired) electrons. The van der Waals surface area contributed by atoms with Crippen LogP contribution >= 0.6 is 7.82 Å². The van der Waals surface area contributed by atoms with E-state index in [9.17, 15) is 9.46 Å². The van der Waals surface area contributed by atoms with E-state index in [2.05, 4.69) is 24.5 Å². The van der Waals surface area contributed by atoms with Crippen LogP contribution in [0.4, 0.5) is 0 Å². The van der Waals surface area contributed by atoms with Crippen molar-refractivity contribution in [2.45, 2.75) is 225 Å². The average Bonchev–Trinajstić information content (AvgIpc) is 3.09. The summed E-state index contributed by atoms with van der Waals surface area (Å²) in [4.78, 5) is 10.4. The zero-order valence-corrected chi connectivity index (χ0v) is 36.9. The molecule has 0 heterocycles. The van der Waals surface area contributed by atoms with Crippen molar-refractivity contribution in [1.29, 1.82) is 0 Å². The first kappa shape index (κ1) is 52.0. The second-order valence-electron chi connectivity index (χ2n) is 17.1. The van der Waals surface area contributed by atoms with Crippen molar-refractivity contribution in [3.63, 3.8) is 0 Å². The van der Waals surface area contributed by atoms with Gasteiger partial charge >= 0.3 is 7.82 Å². The van der Waals surface area contributed by atoms with Crippen LogP contribution in [-0.4, -0.2) is 76.0 Å². The molecule has 0 saturated heterocycles. The summed E-state index contributed by atoms with van der Waals surface area (Å²) in [6.45, 7) is 8.35. The monoisotopic (exact) mass is 761 g/mol. The molecule has 314 valence electrons. The van der Waals surface area contributed by atoms with Gasteiger partial charge in [-0.1, -0.05) is 206 Å². The third-order valence-corrected chi connectivity index (χ3v) is 11.5. The Morgan fingerprint density at radius 1 is 0.481 bits per heavy atom. The van der Waals surface area contributed by atoms with Gasteiger partial charge in [0.05, 0.1) is 27.2 Å². The molecule has 52 heavy (non-hydrogen) atoms. The molecule has 0 aliphatic heterocycles. The van der Waals surface area contributed by atoms with Gasteiger partial charge in [-0.25, -0.2) is 4.57 Å². The summed E-state index contributed by atoms with van der Waals surface area (Å²) >= 11 is 0. The maximum absolute atomic E-state index is 12.7. The summed E-state index contributed by atoms with van der Waals surface area (Å²) in [6.07, 6.45) is 43.4. The number of phosphoric acid groups is 1. The maximum atomic E-state index is 12.7. The number of likely N-dealkylation sites (N-methyl/N-ethyl adjacent to an activating group) is 1. The second kappa shape index (κ2) is 39.2. The second-order valence-corrected chi connectivity index (χ2v) is 18.5. The van der Waals surface area contributed by atoms with E-state index < -0.39 is 13.9 Å². The number of hydrogen-bond acceptors (Lipinski definition) is 5. The van der Waals surface area contributed by atoms with E-state index in [-0.39, 0.29) is 6.61 Å². The van der Waals surface area contributed by atoms with Crippen LogP contribution in [0.5, 0.6) is 0 Å². The molecule has 0 aromatic rings. The van der Waals surface area contributed by atoms with Gasteiger partial charge in [-0.3, -0.25) is 9.05 Å². The molecular weight excluding hydrogens is 665 g/mol. The number of phosphoric ester groups is 1. The van der Waals surface area contributed by atoms with Crippen molar-refractivity contribution in [2.24, 2.45) is 0 Å². The lowest BCUT2D eigenvalue weighted by Gasteiger charge is -2.25. The third kappa shape index (κ3) is 42.7. The topological polar surface area (TPSA) is 79.8 Å². The smallest absolute Gasteiger partial charge is 0.329 e. The van der Waals surface area contributed by atoms with Crippen molar-refractivity contribution in [3.8, 4) is 0 Å². The Hall–Kier alpha value is -0.0100. The average molecular weight is 761 g/mol. The number of nitrogens with one attached hydrogen (secondary N) is 2. The minimum absolute atomic E-state index is 0.198. The number of hydrogen-bond donors (Lipinski definition) is 3. The predicted octanol–water partition coefficient (Wildman–Crippen LogP) is 12.9. The van der Waals surface area contributed by atoms with Gasteiger partial charge in [0.2, 0.25) is 0 Å². The lowest BCUT2D eigenvalue weighted by Crippen LogP contribution is -2.39. The maximum Gasteiger partial charge on any atom is 0.472 e. The van der Waals surface area contributed by atoms with E-state index in [1.165, 1.54) is 193 Å². The summed E-state index contributed by atoms with van der Waals surface area (Å²) in [5.74, 6) is 0. The fourth-order valence-corrected chi connectivity index (χ4v) is 7.82. The highest BCUT2D eigenvalue weighted by molar-refractivity contribution is 7.47.